The van der Waals surface area contributed by atoms with E-state index in [9.17, 15) is 4.79 Å². The fraction of sp³-hybridized carbons (Fsp3) is 0.462. The normalized spacial score (nSPS) is 11.3. The Morgan fingerprint density at radius 1 is 1.47 bits per heavy atom. The lowest BCUT2D eigenvalue weighted by molar-refractivity contribution is 0.0229. The van der Waals surface area contributed by atoms with Gasteiger partial charge in [-0.25, -0.2) is 0 Å². The van der Waals surface area contributed by atoms with E-state index in [0.29, 0.717) is 18.0 Å². The molecule has 0 bridgehead atoms. The highest BCUT2D eigenvalue weighted by Crippen LogP contribution is 2.09. The van der Waals surface area contributed by atoms with Gasteiger partial charge in [0.15, 0.2) is 0 Å². The van der Waals surface area contributed by atoms with Gasteiger partial charge in [0.25, 0.3) is 5.91 Å². The molecule has 94 valence electrons. The van der Waals surface area contributed by atoms with Gasteiger partial charge in [-0.2, -0.15) is 0 Å². The smallest absolute Gasteiger partial charge is 0.251 e. The average Bonchev–Trinajstić information content (AvgIpc) is 2.36. The van der Waals surface area contributed by atoms with Crippen molar-refractivity contribution in [1.82, 2.24) is 5.32 Å². The van der Waals surface area contributed by atoms with Crippen LogP contribution >= 0.6 is 11.6 Å². The summed E-state index contributed by atoms with van der Waals surface area (Å²) in [6.45, 7) is 4.30. The maximum atomic E-state index is 11.9. The summed E-state index contributed by atoms with van der Waals surface area (Å²) in [5.41, 5.74) is 1.19. The standard InChI is InChI=1S/C13H18ClNO2/c1-13(2,17-3)9-15-12(16)11-6-4-5-10(7-11)8-14/h4-7H,8-9H2,1-3H3,(H,15,16). The van der Waals surface area contributed by atoms with Gasteiger partial charge in [0.1, 0.15) is 0 Å². The number of carbonyl (C=O) groups is 1. The quantitative estimate of drug-likeness (QED) is 0.822. The predicted octanol–water partition coefficient (Wildman–Crippen LogP) is 2.58. The molecule has 0 heterocycles. The molecule has 3 nitrogen and oxygen atoms in total. The van der Waals surface area contributed by atoms with Gasteiger partial charge >= 0.3 is 0 Å². The molecule has 0 atom stereocenters. The minimum Gasteiger partial charge on any atom is -0.377 e. The van der Waals surface area contributed by atoms with Crippen LogP contribution in [0.15, 0.2) is 24.3 Å². The second kappa shape index (κ2) is 6.03. The first-order valence-corrected chi connectivity index (χ1v) is 6.00. The highest BCUT2D eigenvalue weighted by molar-refractivity contribution is 6.17. The van der Waals surface area contributed by atoms with E-state index >= 15 is 0 Å². The Morgan fingerprint density at radius 2 is 2.18 bits per heavy atom. The fourth-order valence-corrected chi connectivity index (χ4v) is 1.43. The molecule has 0 radical (unpaired) electrons. The number of hydrogen-bond donors (Lipinski definition) is 1. The summed E-state index contributed by atoms with van der Waals surface area (Å²) in [5, 5.41) is 2.83. The Morgan fingerprint density at radius 3 is 2.76 bits per heavy atom. The van der Waals surface area contributed by atoms with E-state index in [-0.39, 0.29) is 11.5 Å². The third-order valence-corrected chi connectivity index (χ3v) is 2.88. The lowest BCUT2D eigenvalue weighted by Crippen LogP contribution is -2.39. The number of carbonyl (C=O) groups excluding carboxylic acids is 1. The second-order valence-corrected chi connectivity index (χ2v) is 4.75. The number of halogens is 1. The maximum absolute atomic E-state index is 11.9. The Balaban J connectivity index is 2.64. The van der Waals surface area contributed by atoms with Crippen LogP contribution in [0.3, 0.4) is 0 Å². The van der Waals surface area contributed by atoms with E-state index in [1.807, 2.05) is 26.0 Å². The number of ether oxygens (including phenoxy) is 1. The van der Waals surface area contributed by atoms with Gasteiger partial charge in [-0.3, -0.25) is 4.79 Å². The SMILES string of the molecule is COC(C)(C)CNC(=O)c1cccc(CCl)c1. The minimum atomic E-state index is -0.361. The topological polar surface area (TPSA) is 38.3 Å². The summed E-state index contributed by atoms with van der Waals surface area (Å²) in [6, 6.07) is 7.28. The van der Waals surface area contributed by atoms with Crippen LogP contribution in [0.4, 0.5) is 0 Å². The van der Waals surface area contributed by atoms with Crippen LogP contribution < -0.4 is 5.32 Å². The molecule has 17 heavy (non-hydrogen) atoms. The Kier molecular flexibility index (Phi) is 4.97. The third kappa shape index (κ3) is 4.36. The zero-order chi connectivity index (χ0) is 12.9. The molecule has 0 saturated heterocycles. The summed E-state index contributed by atoms with van der Waals surface area (Å²) in [4.78, 5) is 11.9. The first kappa shape index (κ1) is 14.0. The molecular weight excluding hydrogens is 238 g/mol. The zero-order valence-electron chi connectivity index (χ0n) is 10.4. The number of nitrogens with one attached hydrogen (secondary N) is 1. The highest BCUT2D eigenvalue weighted by Gasteiger charge is 2.17. The van der Waals surface area contributed by atoms with E-state index in [1.54, 1.807) is 19.2 Å². The summed E-state index contributed by atoms with van der Waals surface area (Å²) < 4.78 is 5.23. The van der Waals surface area contributed by atoms with Crippen LogP contribution in [0.25, 0.3) is 0 Å². The number of methoxy groups -OCH3 is 1. The summed E-state index contributed by atoms with van der Waals surface area (Å²) >= 11 is 5.72. The average molecular weight is 256 g/mol. The predicted molar refractivity (Wildman–Crippen MR) is 69.4 cm³/mol. The van der Waals surface area contributed by atoms with Gasteiger partial charge in [-0.1, -0.05) is 12.1 Å². The molecule has 0 aromatic heterocycles. The number of rotatable bonds is 5. The summed E-state index contributed by atoms with van der Waals surface area (Å²) in [7, 11) is 1.63. The van der Waals surface area contributed by atoms with Gasteiger partial charge in [0.2, 0.25) is 0 Å². The molecule has 0 spiro atoms. The van der Waals surface area contributed by atoms with Crippen molar-refractivity contribution in [3.05, 3.63) is 35.4 Å². The van der Waals surface area contributed by atoms with Crippen molar-refractivity contribution < 1.29 is 9.53 Å². The molecule has 1 amide bonds. The van der Waals surface area contributed by atoms with Gasteiger partial charge in [-0.05, 0) is 31.5 Å². The molecular formula is C13H18ClNO2. The van der Waals surface area contributed by atoms with Crippen LogP contribution in [0, 0.1) is 0 Å². The summed E-state index contributed by atoms with van der Waals surface area (Å²) in [6.07, 6.45) is 0. The minimum absolute atomic E-state index is 0.109. The molecule has 1 aromatic carbocycles. The van der Waals surface area contributed by atoms with Crippen molar-refractivity contribution in [3.8, 4) is 0 Å². The third-order valence-electron chi connectivity index (χ3n) is 2.57. The second-order valence-electron chi connectivity index (χ2n) is 4.48. The van der Waals surface area contributed by atoms with E-state index in [0.717, 1.165) is 5.56 Å². The van der Waals surface area contributed by atoms with E-state index in [4.69, 9.17) is 16.3 Å². The van der Waals surface area contributed by atoms with Crippen LogP contribution in [-0.2, 0) is 10.6 Å². The van der Waals surface area contributed by atoms with Gasteiger partial charge in [0.05, 0.1) is 5.60 Å². The van der Waals surface area contributed by atoms with Crippen molar-refractivity contribution >= 4 is 17.5 Å². The van der Waals surface area contributed by atoms with E-state index in [2.05, 4.69) is 5.32 Å². The molecule has 1 aromatic rings. The molecule has 0 aliphatic rings. The lowest BCUT2D eigenvalue weighted by atomic mass is 10.1. The molecule has 4 heteroatoms. The lowest BCUT2D eigenvalue weighted by Gasteiger charge is -2.23. The van der Waals surface area contributed by atoms with E-state index < -0.39 is 0 Å². The van der Waals surface area contributed by atoms with Gasteiger partial charge in [-0.15, -0.1) is 11.6 Å². The Bertz CT molecular complexity index is 391. The number of alkyl halides is 1. The monoisotopic (exact) mass is 255 g/mol. The molecule has 1 N–H and O–H groups in total. The first-order chi connectivity index (χ1) is 7.98. The van der Waals surface area contributed by atoms with Crippen molar-refractivity contribution in [2.45, 2.75) is 25.3 Å². The van der Waals surface area contributed by atoms with Gasteiger partial charge in [0, 0.05) is 25.1 Å². The molecule has 0 aliphatic heterocycles. The van der Waals surface area contributed by atoms with Crippen LogP contribution in [0.5, 0.6) is 0 Å². The fourth-order valence-electron chi connectivity index (χ4n) is 1.26. The molecule has 0 unspecified atom stereocenters. The van der Waals surface area contributed by atoms with E-state index in [1.165, 1.54) is 0 Å². The van der Waals surface area contributed by atoms with Crippen molar-refractivity contribution in [3.63, 3.8) is 0 Å². The Hall–Kier alpha value is -1.06. The van der Waals surface area contributed by atoms with Crippen LogP contribution in [0.1, 0.15) is 29.8 Å². The first-order valence-electron chi connectivity index (χ1n) is 5.47. The van der Waals surface area contributed by atoms with Crippen LogP contribution in [-0.4, -0.2) is 25.2 Å². The molecule has 1 rings (SSSR count). The van der Waals surface area contributed by atoms with Crippen molar-refractivity contribution in [2.75, 3.05) is 13.7 Å². The Labute approximate surface area is 107 Å². The van der Waals surface area contributed by atoms with Gasteiger partial charge < -0.3 is 10.1 Å². The highest BCUT2D eigenvalue weighted by atomic mass is 35.5. The number of amides is 1. The zero-order valence-corrected chi connectivity index (χ0v) is 11.2. The van der Waals surface area contributed by atoms with Crippen LogP contribution in [0.2, 0.25) is 0 Å². The summed E-state index contributed by atoms with van der Waals surface area (Å²) in [5.74, 6) is 0.298. The largest absolute Gasteiger partial charge is 0.377 e. The molecule has 0 fully saturated rings. The van der Waals surface area contributed by atoms with Crippen molar-refractivity contribution in [2.24, 2.45) is 0 Å². The molecule has 0 saturated carbocycles. The number of benzene rings is 1. The number of hydrogen-bond acceptors (Lipinski definition) is 2. The van der Waals surface area contributed by atoms with Crippen molar-refractivity contribution in [1.29, 1.82) is 0 Å². The maximum Gasteiger partial charge on any atom is 0.251 e. The molecule has 0 aliphatic carbocycles.